The van der Waals surface area contributed by atoms with E-state index < -0.39 is 0 Å². The van der Waals surface area contributed by atoms with Crippen molar-refractivity contribution >= 4 is 17.8 Å². The van der Waals surface area contributed by atoms with Gasteiger partial charge in [-0.1, -0.05) is 50.6 Å². The Morgan fingerprint density at radius 1 is 1.21 bits per heavy atom. The average molecular weight is 206 g/mol. The molecule has 0 N–H and O–H groups in total. The first-order valence-electron chi connectivity index (χ1n) is 5.31. The summed E-state index contributed by atoms with van der Waals surface area (Å²) in [5, 5.41) is 0. The lowest BCUT2D eigenvalue weighted by Gasteiger charge is -2.14. The molecule has 0 aromatic heterocycles. The standard InChI is InChI=1S/C11H12S.C2H6/c1-2-9-7-10-5-3-4-6-11(10)12-8-9;1-2/h3-7H,2,8H2,1H3;1-2H3. The second-order valence-corrected chi connectivity index (χ2v) is 4.00. The minimum Gasteiger partial charge on any atom is -0.121 e. The third-order valence-electron chi connectivity index (χ3n) is 2.15. The highest BCUT2D eigenvalue weighted by molar-refractivity contribution is 7.99. The van der Waals surface area contributed by atoms with Crippen molar-refractivity contribution in [3.05, 3.63) is 35.4 Å². The molecule has 1 heterocycles. The number of benzene rings is 1. The van der Waals surface area contributed by atoms with Crippen molar-refractivity contribution in [3.8, 4) is 0 Å². The normalized spacial score (nSPS) is 13.5. The molecule has 0 radical (unpaired) electrons. The van der Waals surface area contributed by atoms with Gasteiger partial charge in [-0.05, 0) is 18.1 Å². The van der Waals surface area contributed by atoms with Gasteiger partial charge in [-0.25, -0.2) is 0 Å². The minimum atomic E-state index is 1.17. The van der Waals surface area contributed by atoms with E-state index in [9.17, 15) is 0 Å². The summed E-state index contributed by atoms with van der Waals surface area (Å²) in [6, 6.07) is 8.60. The van der Waals surface area contributed by atoms with E-state index >= 15 is 0 Å². The second-order valence-electron chi connectivity index (χ2n) is 2.98. The van der Waals surface area contributed by atoms with Crippen LogP contribution in [0.5, 0.6) is 0 Å². The number of hydrogen-bond acceptors (Lipinski definition) is 1. The molecule has 1 aliphatic heterocycles. The quantitative estimate of drug-likeness (QED) is 0.646. The molecule has 0 fully saturated rings. The van der Waals surface area contributed by atoms with E-state index in [1.807, 2.05) is 25.6 Å². The summed E-state index contributed by atoms with van der Waals surface area (Å²) in [5.74, 6) is 1.17. The molecule has 0 aliphatic carbocycles. The fourth-order valence-corrected chi connectivity index (χ4v) is 2.46. The van der Waals surface area contributed by atoms with Crippen LogP contribution >= 0.6 is 11.8 Å². The summed E-state index contributed by atoms with van der Waals surface area (Å²) in [5.41, 5.74) is 2.95. The van der Waals surface area contributed by atoms with Crippen molar-refractivity contribution < 1.29 is 0 Å². The lowest BCUT2D eigenvalue weighted by atomic mass is 10.1. The monoisotopic (exact) mass is 206 g/mol. The first-order chi connectivity index (χ1) is 6.90. The summed E-state index contributed by atoms with van der Waals surface area (Å²) in [7, 11) is 0. The van der Waals surface area contributed by atoms with Crippen molar-refractivity contribution in [3.63, 3.8) is 0 Å². The van der Waals surface area contributed by atoms with Gasteiger partial charge in [0.2, 0.25) is 0 Å². The van der Waals surface area contributed by atoms with Crippen molar-refractivity contribution in [2.75, 3.05) is 5.75 Å². The molecule has 0 bridgehead atoms. The molecule has 14 heavy (non-hydrogen) atoms. The zero-order chi connectivity index (χ0) is 10.4. The van der Waals surface area contributed by atoms with Crippen LogP contribution in [0, 0.1) is 0 Å². The predicted octanol–water partition coefficient (Wildman–Crippen LogP) is 4.61. The first-order valence-corrected chi connectivity index (χ1v) is 6.30. The summed E-state index contributed by atoms with van der Waals surface area (Å²) < 4.78 is 0. The van der Waals surface area contributed by atoms with E-state index in [-0.39, 0.29) is 0 Å². The van der Waals surface area contributed by atoms with Crippen LogP contribution in [0.1, 0.15) is 32.8 Å². The van der Waals surface area contributed by atoms with Gasteiger partial charge < -0.3 is 0 Å². The molecule has 1 heteroatoms. The number of rotatable bonds is 1. The summed E-state index contributed by atoms with van der Waals surface area (Å²) in [4.78, 5) is 1.43. The Morgan fingerprint density at radius 2 is 1.93 bits per heavy atom. The van der Waals surface area contributed by atoms with Crippen LogP contribution < -0.4 is 0 Å². The van der Waals surface area contributed by atoms with Gasteiger partial charge in [0.05, 0.1) is 0 Å². The van der Waals surface area contributed by atoms with E-state index in [1.165, 1.54) is 22.6 Å². The number of fused-ring (bicyclic) bond motifs is 1. The Bertz CT molecular complexity index is 313. The third-order valence-corrected chi connectivity index (χ3v) is 3.34. The van der Waals surface area contributed by atoms with Crippen LogP contribution in [-0.4, -0.2) is 5.75 Å². The van der Waals surface area contributed by atoms with E-state index in [0.717, 1.165) is 0 Å². The van der Waals surface area contributed by atoms with Gasteiger partial charge in [-0.15, -0.1) is 11.8 Å². The topological polar surface area (TPSA) is 0 Å². The molecule has 1 aromatic rings. The molecule has 0 atom stereocenters. The highest BCUT2D eigenvalue weighted by Gasteiger charge is 2.07. The van der Waals surface area contributed by atoms with Gasteiger partial charge in [0, 0.05) is 10.6 Å². The molecule has 1 aromatic carbocycles. The van der Waals surface area contributed by atoms with E-state index in [1.54, 1.807) is 5.57 Å². The van der Waals surface area contributed by atoms with Crippen LogP contribution in [0.25, 0.3) is 6.08 Å². The largest absolute Gasteiger partial charge is 0.121 e. The maximum atomic E-state index is 2.33. The van der Waals surface area contributed by atoms with Crippen molar-refractivity contribution in [2.24, 2.45) is 0 Å². The lowest BCUT2D eigenvalue weighted by Crippen LogP contribution is -1.93. The maximum Gasteiger partial charge on any atom is 0.0194 e. The van der Waals surface area contributed by atoms with E-state index in [0.29, 0.717) is 0 Å². The predicted molar refractivity (Wildman–Crippen MR) is 66.8 cm³/mol. The summed E-state index contributed by atoms with van der Waals surface area (Å²) in [6.45, 7) is 6.22. The Hall–Kier alpha value is -0.690. The molecule has 0 saturated carbocycles. The van der Waals surface area contributed by atoms with Gasteiger partial charge in [0.25, 0.3) is 0 Å². The Kier molecular flexibility index (Phi) is 4.81. The number of thioether (sulfide) groups is 1. The van der Waals surface area contributed by atoms with Gasteiger partial charge in [0.1, 0.15) is 0 Å². The third kappa shape index (κ3) is 2.65. The van der Waals surface area contributed by atoms with Gasteiger partial charge in [-0.3, -0.25) is 0 Å². The Labute approximate surface area is 91.4 Å². The molecular weight excluding hydrogens is 188 g/mol. The van der Waals surface area contributed by atoms with Crippen molar-refractivity contribution in [1.29, 1.82) is 0 Å². The molecule has 0 unspecified atom stereocenters. The van der Waals surface area contributed by atoms with Crippen LogP contribution in [0.15, 0.2) is 34.7 Å². The highest BCUT2D eigenvalue weighted by atomic mass is 32.2. The highest BCUT2D eigenvalue weighted by Crippen LogP contribution is 2.32. The first kappa shape index (κ1) is 11.4. The van der Waals surface area contributed by atoms with Crippen LogP contribution in [0.2, 0.25) is 0 Å². The van der Waals surface area contributed by atoms with E-state index in [4.69, 9.17) is 0 Å². The Balaban J connectivity index is 0.000000461. The molecule has 2 rings (SSSR count). The average Bonchev–Trinajstić information content (AvgIpc) is 2.31. The molecule has 76 valence electrons. The van der Waals surface area contributed by atoms with Gasteiger partial charge >= 0.3 is 0 Å². The second kappa shape index (κ2) is 5.92. The molecule has 1 aliphatic rings. The minimum absolute atomic E-state index is 1.17. The van der Waals surface area contributed by atoms with Gasteiger partial charge in [-0.2, -0.15) is 0 Å². The van der Waals surface area contributed by atoms with Gasteiger partial charge in [0.15, 0.2) is 0 Å². The van der Waals surface area contributed by atoms with E-state index in [2.05, 4.69) is 37.3 Å². The smallest absolute Gasteiger partial charge is 0.0194 e. The fraction of sp³-hybridized carbons (Fsp3) is 0.385. The lowest BCUT2D eigenvalue weighted by molar-refractivity contribution is 1.11. The van der Waals surface area contributed by atoms with Crippen LogP contribution in [0.3, 0.4) is 0 Å². The Morgan fingerprint density at radius 3 is 2.64 bits per heavy atom. The zero-order valence-electron chi connectivity index (χ0n) is 9.21. The maximum absolute atomic E-state index is 2.33. The molecule has 0 nitrogen and oxygen atoms in total. The SMILES string of the molecule is CC.CCC1=Cc2ccccc2SC1. The van der Waals surface area contributed by atoms with Crippen molar-refractivity contribution in [2.45, 2.75) is 32.1 Å². The summed E-state index contributed by atoms with van der Waals surface area (Å²) in [6.07, 6.45) is 3.51. The number of hydrogen-bond donors (Lipinski definition) is 0. The molecule has 0 amide bonds. The summed E-state index contributed by atoms with van der Waals surface area (Å²) >= 11 is 1.95. The van der Waals surface area contributed by atoms with Crippen LogP contribution in [-0.2, 0) is 0 Å². The molecule has 0 spiro atoms. The zero-order valence-corrected chi connectivity index (χ0v) is 10.0. The fourth-order valence-electron chi connectivity index (χ4n) is 1.37. The molecule has 0 saturated heterocycles. The molecular formula is C13H18S. The van der Waals surface area contributed by atoms with Crippen LogP contribution in [0.4, 0.5) is 0 Å². The van der Waals surface area contributed by atoms with Crippen molar-refractivity contribution in [1.82, 2.24) is 0 Å².